The predicted octanol–water partition coefficient (Wildman–Crippen LogP) is 2.35. The summed E-state index contributed by atoms with van der Waals surface area (Å²) in [5.74, 6) is 0. The Bertz CT molecular complexity index is 107. The molecule has 0 aliphatic carbocycles. The molecule has 0 aromatic heterocycles. The van der Waals surface area contributed by atoms with E-state index in [0.717, 1.165) is 6.61 Å². The van der Waals surface area contributed by atoms with Crippen LogP contribution in [0, 0.1) is 0 Å². The van der Waals surface area contributed by atoms with E-state index in [0.29, 0.717) is 0 Å². The zero-order valence-electron chi connectivity index (χ0n) is 9.16. The number of ether oxygens (including phenoxy) is 1. The van der Waals surface area contributed by atoms with Crippen molar-refractivity contribution >= 4 is 8.25 Å². The largest absolute Gasteiger partial charge is 0.385 e. The van der Waals surface area contributed by atoms with Gasteiger partial charge in [0.05, 0.1) is 0 Å². The molecule has 0 bridgehead atoms. The van der Waals surface area contributed by atoms with Gasteiger partial charge >= 0.3 is 8.25 Å². The highest BCUT2D eigenvalue weighted by molar-refractivity contribution is 7.30. The van der Waals surface area contributed by atoms with Crippen molar-refractivity contribution in [3.05, 3.63) is 0 Å². The summed E-state index contributed by atoms with van der Waals surface area (Å²) in [7, 11) is -1.36. The lowest BCUT2D eigenvalue weighted by Crippen LogP contribution is -1.87. The van der Waals surface area contributed by atoms with E-state index in [9.17, 15) is 0 Å². The standard InChI is InChI=1S/C9H20O.H3O3P/c1-3-4-5-6-7-8-9-10-2;1-4(2)3/h3-9H2,1-2H3;4H,(H2,1,2,3). The van der Waals surface area contributed by atoms with Crippen molar-refractivity contribution in [3.8, 4) is 0 Å². The first-order chi connectivity index (χ1) is 6.65. The summed E-state index contributed by atoms with van der Waals surface area (Å²) in [6, 6.07) is 0. The van der Waals surface area contributed by atoms with Crippen LogP contribution in [0.2, 0.25) is 0 Å². The van der Waals surface area contributed by atoms with Crippen LogP contribution in [0.5, 0.6) is 0 Å². The number of hydrogen-bond acceptors (Lipinski definition) is 2. The van der Waals surface area contributed by atoms with E-state index >= 15 is 0 Å². The third-order valence-electron chi connectivity index (χ3n) is 1.70. The van der Waals surface area contributed by atoms with Crippen molar-refractivity contribution in [3.63, 3.8) is 0 Å². The number of rotatable bonds is 7. The SMILES string of the molecule is CCCCCCCCOC.O=[PH](O)O. The van der Waals surface area contributed by atoms with Gasteiger partial charge in [-0.15, -0.1) is 0 Å². The molecule has 0 aromatic carbocycles. The molecule has 0 amide bonds. The molecule has 0 rings (SSSR count). The topological polar surface area (TPSA) is 66.8 Å². The van der Waals surface area contributed by atoms with E-state index < -0.39 is 8.25 Å². The Labute approximate surface area is 87.2 Å². The van der Waals surface area contributed by atoms with E-state index in [4.69, 9.17) is 19.1 Å². The molecule has 4 nitrogen and oxygen atoms in total. The molecule has 0 aliphatic rings. The maximum atomic E-state index is 8.74. The maximum Gasteiger partial charge on any atom is 0.314 e. The van der Waals surface area contributed by atoms with E-state index in [1.54, 1.807) is 7.11 Å². The lowest BCUT2D eigenvalue weighted by Gasteiger charge is -1.98. The monoisotopic (exact) mass is 226 g/mol. The average molecular weight is 226 g/mol. The van der Waals surface area contributed by atoms with E-state index in [-0.39, 0.29) is 0 Å². The zero-order chi connectivity index (χ0) is 11.2. The van der Waals surface area contributed by atoms with Gasteiger partial charge in [-0.2, -0.15) is 0 Å². The summed E-state index contributed by atoms with van der Waals surface area (Å²) >= 11 is 0. The Hall–Kier alpha value is 0.110. The quantitative estimate of drug-likeness (QED) is 0.516. The van der Waals surface area contributed by atoms with Gasteiger partial charge in [0.2, 0.25) is 0 Å². The van der Waals surface area contributed by atoms with E-state index in [1.165, 1.54) is 38.5 Å². The second-order valence-electron chi connectivity index (χ2n) is 3.04. The highest BCUT2D eigenvalue weighted by Crippen LogP contribution is 2.04. The third-order valence-corrected chi connectivity index (χ3v) is 1.70. The maximum absolute atomic E-state index is 8.74. The second-order valence-corrected chi connectivity index (χ2v) is 3.61. The number of unbranched alkanes of at least 4 members (excludes halogenated alkanes) is 5. The van der Waals surface area contributed by atoms with Crippen molar-refractivity contribution in [1.82, 2.24) is 0 Å². The molecule has 0 radical (unpaired) electrons. The van der Waals surface area contributed by atoms with Crippen LogP contribution in [0.25, 0.3) is 0 Å². The van der Waals surface area contributed by atoms with E-state index in [2.05, 4.69) is 6.92 Å². The van der Waals surface area contributed by atoms with Gasteiger partial charge in [0, 0.05) is 13.7 Å². The summed E-state index contributed by atoms with van der Waals surface area (Å²) in [4.78, 5) is 14.3. The third kappa shape index (κ3) is 29.6. The molecule has 0 unspecified atom stereocenters. The van der Waals surface area contributed by atoms with Gasteiger partial charge in [0.1, 0.15) is 0 Å². The summed E-state index contributed by atoms with van der Waals surface area (Å²) in [6.07, 6.45) is 8.10. The molecule has 5 heteroatoms. The van der Waals surface area contributed by atoms with Gasteiger partial charge < -0.3 is 14.5 Å². The Morgan fingerprint density at radius 2 is 1.50 bits per heavy atom. The number of hydrogen-bond donors (Lipinski definition) is 2. The van der Waals surface area contributed by atoms with Gasteiger partial charge in [0.15, 0.2) is 0 Å². The molecule has 0 fully saturated rings. The van der Waals surface area contributed by atoms with Crippen LogP contribution in [0.1, 0.15) is 45.4 Å². The molecule has 0 atom stereocenters. The molecular formula is C9H23O4P. The van der Waals surface area contributed by atoms with Gasteiger partial charge in [-0.3, -0.25) is 4.57 Å². The molecule has 0 saturated heterocycles. The zero-order valence-corrected chi connectivity index (χ0v) is 10.2. The molecule has 0 saturated carbocycles. The molecule has 88 valence electrons. The van der Waals surface area contributed by atoms with Crippen molar-refractivity contribution < 1.29 is 19.1 Å². The van der Waals surface area contributed by atoms with Gasteiger partial charge in [0.25, 0.3) is 0 Å². The minimum Gasteiger partial charge on any atom is -0.385 e. The number of methoxy groups -OCH3 is 1. The van der Waals surface area contributed by atoms with Crippen molar-refractivity contribution in [1.29, 1.82) is 0 Å². The molecule has 2 N–H and O–H groups in total. The van der Waals surface area contributed by atoms with Crippen molar-refractivity contribution in [2.75, 3.05) is 13.7 Å². The summed E-state index contributed by atoms with van der Waals surface area (Å²) in [5, 5.41) is 0. The Morgan fingerprint density at radius 3 is 1.93 bits per heavy atom. The fourth-order valence-electron chi connectivity index (χ4n) is 1.03. The smallest absolute Gasteiger partial charge is 0.314 e. The Morgan fingerprint density at radius 1 is 1.07 bits per heavy atom. The van der Waals surface area contributed by atoms with Gasteiger partial charge in [-0.25, -0.2) is 0 Å². The van der Waals surface area contributed by atoms with Crippen molar-refractivity contribution in [2.45, 2.75) is 45.4 Å². The Balaban J connectivity index is 0. The summed E-state index contributed by atoms with van der Waals surface area (Å²) < 4.78 is 13.7. The molecule has 0 aromatic rings. The summed E-state index contributed by atoms with van der Waals surface area (Å²) in [5.41, 5.74) is 0. The van der Waals surface area contributed by atoms with Crippen LogP contribution in [0.3, 0.4) is 0 Å². The van der Waals surface area contributed by atoms with Gasteiger partial charge in [-0.1, -0.05) is 39.0 Å². The molecule has 0 aliphatic heterocycles. The minimum atomic E-state index is -3.13. The lowest BCUT2D eigenvalue weighted by molar-refractivity contribution is 0.192. The van der Waals surface area contributed by atoms with Crippen LogP contribution >= 0.6 is 8.25 Å². The molecular weight excluding hydrogens is 203 g/mol. The van der Waals surface area contributed by atoms with Crippen LogP contribution < -0.4 is 0 Å². The second kappa shape index (κ2) is 15.6. The average Bonchev–Trinajstić information content (AvgIpc) is 2.10. The Kier molecular flexibility index (Phi) is 18.4. The van der Waals surface area contributed by atoms with Crippen LogP contribution in [-0.4, -0.2) is 23.5 Å². The van der Waals surface area contributed by atoms with Crippen LogP contribution in [-0.2, 0) is 9.30 Å². The first-order valence-electron chi connectivity index (χ1n) is 5.06. The fraction of sp³-hybridized carbons (Fsp3) is 1.00. The fourth-order valence-corrected chi connectivity index (χ4v) is 1.03. The lowest BCUT2D eigenvalue weighted by atomic mass is 10.1. The molecule has 0 heterocycles. The molecule has 0 spiro atoms. The van der Waals surface area contributed by atoms with Crippen molar-refractivity contribution in [2.24, 2.45) is 0 Å². The van der Waals surface area contributed by atoms with Crippen LogP contribution in [0.15, 0.2) is 0 Å². The first-order valence-corrected chi connectivity index (χ1v) is 6.36. The minimum absolute atomic E-state index is 0.937. The first kappa shape index (κ1) is 16.5. The van der Waals surface area contributed by atoms with E-state index in [1.807, 2.05) is 0 Å². The normalized spacial score (nSPS) is 9.79. The van der Waals surface area contributed by atoms with Crippen LogP contribution in [0.4, 0.5) is 0 Å². The highest BCUT2D eigenvalue weighted by Gasteiger charge is 1.87. The molecule has 14 heavy (non-hydrogen) atoms. The van der Waals surface area contributed by atoms with Gasteiger partial charge in [-0.05, 0) is 6.42 Å². The summed E-state index contributed by atoms with van der Waals surface area (Å²) in [6.45, 7) is 3.18. The predicted molar refractivity (Wildman–Crippen MR) is 58.7 cm³/mol. The highest BCUT2D eigenvalue weighted by atomic mass is 31.1.